The van der Waals surface area contributed by atoms with Crippen LogP contribution in [0.1, 0.15) is 33.9 Å². The summed E-state index contributed by atoms with van der Waals surface area (Å²) in [5.74, 6) is -0.767. The average Bonchev–Trinajstić information content (AvgIpc) is 3.27. The number of rotatable bonds is 3. The zero-order chi connectivity index (χ0) is 17.6. The summed E-state index contributed by atoms with van der Waals surface area (Å²) in [6.07, 6.45) is 2.50. The van der Waals surface area contributed by atoms with Crippen molar-refractivity contribution in [2.24, 2.45) is 11.3 Å². The van der Waals surface area contributed by atoms with Crippen molar-refractivity contribution in [3.63, 3.8) is 0 Å². The third kappa shape index (κ3) is 2.56. The lowest BCUT2D eigenvalue weighted by Crippen LogP contribution is -2.37. The predicted molar refractivity (Wildman–Crippen MR) is 95.6 cm³/mol. The molecule has 5 nitrogen and oxygen atoms in total. The van der Waals surface area contributed by atoms with E-state index in [-0.39, 0.29) is 11.8 Å². The van der Waals surface area contributed by atoms with Gasteiger partial charge in [0.1, 0.15) is 4.88 Å². The number of carboxylic acid groups (broad SMARTS) is 1. The number of thiazole rings is 1. The first-order valence-corrected chi connectivity index (χ1v) is 9.38. The fourth-order valence-corrected chi connectivity index (χ4v) is 5.21. The van der Waals surface area contributed by atoms with Gasteiger partial charge in [0.2, 0.25) is 0 Å². The Bertz CT molecular complexity index is 832. The molecular formula is C19H20N2O3S. The summed E-state index contributed by atoms with van der Waals surface area (Å²) < 4.78 is 0. The number of nitrogens with zero attached hydrogens (tertiary/aromatic N) is 2. The number of amides is 1. The zero-order valence-electron chi connectivity index (χ0n) is 14.1. The smallest absolute Gasteiger partial charge is 0.311 e. The number of carboxylic acids is 1. The van der Waals surface area contributed by atoms with E-state index >= 15 is 0 Å². The molecule has 0 unspecified atom stereocenters. The third-order valence-corrected chi connectivity index (χ3v) is 6.52. The van der Waals surface area contributed by atoms with Gasteiger partial charge < -0.3 is 10.0 Å². The van der Waals surface area contributed by atoms with Gasteiger partial charge in [-0.3, -0.25) is 9.59 Å². The monoisotopic (exact) mass is 356 g/mol. The van der Waals surface area contributed by atoms with E-state index in [0.717, 1.165) is 23.4 Å². The number of hydrogen-bond donors (Lipinski definition) is 1. The Morgan fingerprint density at radius 2 is 2.08 bits per heavy atom. The minimum atomic E-state index is -0.755. The van der Waals surface area contributed by atoms with Crippen LogP contribution in [0.15, 0.2) is 30.3 Å². The summed E-state index contributed by atoms with van der Waals surface area (Å²) in [6, 6.07) is 9.68. The largest absolute Gasteiger partial charge is 0.481 e. The lowest BCUT2D eigenvalue weighted by molar-refractivity contribution is -0.149. The van der Waals surface area contributed by atoms with Crippen molar-refractivity contribution < 1.29 is 14.7 Å². The SMILES string of the molecule is Cc1nc(-c2ccccc2)c(C(=O)N2C[C@@H]3CCC[C@@]3(C(=O)O)C2)s1. The molecule has 1 N–H and O–H groups in total. The predicted octanol–water partition coefficient (Wildman–Crippen LogP) is 3.45. The minimum absolute atomic E-state index is 0.0724. The highest BCUT2D eigenvalue weighted by Gasteiger charge is 2.56. The summed E-state index contributed by atoms with van der Waals surface area (Å²) in [5.41, 5.74) is 0.875. The van der Waals surface area contributed by atoms with E-state index in [4.69, 9.17) is 0 Å². The number of hydrogen-bond acceptors (Lipinski definition) is 4. The number of aryl methyl sites for hydroxylation is 1. The van der Waals surface area contributed by atoms with Crippen LogP contribution in [-0.4, -0.2) is 40.0 Å². The maximum atomic E-state index is 13.2. The van der Waals surface area contributed by atoms with Crippen LogP contribution >= 0.6 is 11.3 Å². The Balaban J connectivity index is 1.66. The van der Waals surface area contributed by atoms with Gasteiger partial charge in [0, 0.05) is 18.7 Å². The Morgan fingerprint density at radius 3 is 2.76 bits per heavy atom. The highest BCUT2D eigenvalue weighted by molar-refractivity contribution is 7.14. The second-order valence-electron chi connectivity index (χ2n) is 7.01. The molecule has 2 aromatic rings. The molecule has 2 fully saturated rings. The number of aromatic nitrogens is 1. The molecule has 6 heteroatoms. The van der Waals surface area contributed by atoms with Gasteiger partial charge in [-0.15, -0.1) is 11.3 Å². The Morgan fingerprint density at radius 1 is 1.32 bits per heavy atom. The summed E-state index contributed by atoms with van der Waals surface area (Å²) in [4.78, 5) is 31.9. The molecule has 1 aromatic carbocycles. The van der Waals surface area contributed by atoms with Gasteiger partial charge >= 0.3 is 5.97 Å². The number of likely N-dealkylation sites (tertiary alicyclic amines) is 1. The van der Waals surface area contributed by atoms with Crippen molar-refractivity contribution in [3.8, 4) is 11.3 Å². The Labute approximate surface area is 150 Å². The van der Waals surface area contributed by atoms with E-state index in [1.807, 2.05) is 37.3 Å². The van der Waals surface area contributed by atoms with Gasteiger partial charge in [-0.1, -0.05) is 36.8 Å². The fourth-order valence-electron chi connectivity index (χ4n) is 4.30. The maximum absolute atomic E-state index is 13.2. The van der Waals surface area contributed by atoms with Crippen LogP contribution < -0.4 is 0 Å². The van der Waals surface area contributed by atoms with Gasteiger partial charge in [-0.2, -0.15) is 0 Å². The molecule has 2 heterocycles. The van der Waals surface area contributed by atoms with E-state index < -0.39 is 11.4 Å². The molecule has 25 heavy (non-hydrogen) atoms. The van der Waals surface area contributed by atoms with Gasteiger partial charge in [-0.05, 0) is 25.7 Å². The maximum Gasteiger partial charge on any atom is 0.311 e. The van der Waals surface area contributed by atoms with Crippen LogP contribution in [0.2, 0.25) is 0 Å². The molecule has 1 amide bonds. The van der Waals surface area contributed by atoms with E-state index in [1.54, 1.807) is 4.90 Å². The molecule has 0 spiro atoms. The second kappa shape index (κ2) is 5.95. The van der Waals surface area contributed by atoms with E-state index in [1.165, 1.54) is 11.3 Å². The molecule has 1 aliphatic carbocycles. The molecule has 2 atom stereocenters. The molecule has 1 saturated heterocycles. The minimum Gasteiger partial charge on any atom is -0.481 e. The zero-order valence-corrected chi connectivity index (χ0v) is 14.9. The van der Waals surface area contributed by atoms with Crippen molar-refractivity contribution in [1.29, 1.82) is 0 Å². The van der Waals surface area contributed by atoms with Crippen molar-refractivity contribution in [1.82, 2.24) is 9.88 Å². The second-order valence-corrected chi connectivity index (χ2v) is 8.22. The number of aliphatic carboxylic acids is 1. The first kappa shape index (κ1) is 16.3. The lowest BCUT2D eigenvalue weighted by atomic mass is 9.81. The quantitative estimate of drug-likeness (QED) is 0.914. The van der Waals surface area contributed by atoms with Crippen molar-refractivity contribution in [3.05, 3.63) is 40.2 Å². The molecular weight excluding hydrogens is 336 g/mol. The summed E-state index contributed by atoms with van der Waals surface area (Å²) in [7, 11) is 0. The van der Waals surface area contributed by atoms with Gasteiger partial charge in [0.05, 0.1) is 16.1 Å². The number of carbonyl (C=O) groups excluding carboxylic acids is 1. The Hall–Kier alpha value is -2.21. The number of carbonyl (C=O) groups is 2. The normalized spacial score (nSPS) is 25.2. The van der Waals surface area contributed by atoms with Crippen LogP contribution in [0.3, 0.4) is 0 Å². The molecule has 130 valence electrons. The lowest BCUT2D eigenvalue weighted by Gasteiger charge is -2.23. The van der Waals surface area contributed by atoms with E-state index in [9.17, 15) is 14.7 Å². The van der Waals surface area contributed by atoms with Crippen LogP contribution in [0, 0.1) is 18.3 Å². The average molecular weight is 356 g/mol. The fraction of sp³-hybridized carbons (Fsp3) is 0.421. The highest BCUT2D eigenvalue weighted by Crippen LogP contribution is 2.49. The molecule has 0 bridgehead atoms. The molecule has 1 saturated carbocycles. The van der Waals surface area contributed by atoms with Crippen LogP contribution in [0.5, 0.6) is 0 Å². The van der Waals surface area contributed by atoms with Gasteiger partial charge in [0.15, 0.2) is 0 Å². The molecule has 4 rings (SSSR count). The summed E-state index contributed by atoms with van der Waals surface area (Å²) in [6.45, 7) is 2.75. The standard InChI is InChI=1S/C19H20N2O3S/c1-12-20-15(13-6-3-2-4-7-13)16(25-12)17(22)21-10-14-8-5-9-19(14,11-21)18(23)24/h2-4,6-7,14H,5,8-11H2,1H3,(H,23,24)/t14-,19+/m0/s1. The summed E-state index contributed by atoms with van der Waals surface area (Å²) >= 11 is 1.39. The number of benzene rings is 1. The first-order valence-electron chi connectivity index (χ1n) is 8.57. The highest BCUT2D eigenvalue weighted by atomic mass is 32.1. The molecule has 0 radical (unpaired) electrons. The van der Waals surface area contributed by atoms with Crippen LogP contribution in [-0.2, 0) is 4.79 Å². The van der Waals surface area contributed by atoms with E-state index in [2.05, 4.69) is 4.98 Å². The number of fused-ring (bicyclic) bond motifs is 1. The van der Waals surface area contributed by atoms with Crippen molar-refractivity contribution in [2.45, 2.75) is 26.2 Å². The van der Waals surface area contributed by atoms with Crippen LogP contribution in [0.25, 0.3) is 11.3 Å². The van der Waals surface area contributed by atoms with Gasteiger partial charge in [-0.25, -0.2) is 4.98 Å². The third-order valence-electron chi connectivity index (χ3n) is 5.56. The summed E-state index contributed by atoms with van der Waals surface area (Å²) in [5, 5.41) is 10.6. The first-order chi connectivity index (χ1) is 12.0. The molecule has 1 aromatic heterocycles. The van der Waals surface area contributed by atoms with E-state index in [0.29, 0.717) is 30.1 Å². The van der Waals surface area contributed by atoms with Gasteiger partial charge in [0.25, 0.3) is 5.91 Å². The Kier molecular flexibility index (Phi) is 3.87. The molecule has 2 aliphatic rings. The van der Waals surface area contributed by atoms with Crippen molar-refractivity contribution >= 4 is 23.2 Å². The van der Waals surface area contributed by atoms with Crippen molar-refractivity contribution in [2.75, 3.05) is 13.1 Å². The molecule has 1 aliphatic heterocycles. The van der Waals surface area contributed by atoms with Crippen LogP contribution in [0.4, 0.5) is 0 Å². The topological polar surface area (TPSA) is 70.5 Å².